The van der Waals surface area contributed by atoms with Crippen molar-refractivity contribution in [2.75, 3.05) is 23.3 Å². The van der Waals surface area contributed by atoms with Crippen molar-refractivity contribution in [2.45, 2.75) is 31.7 Å². The van der Waals surface area contributed by atoms with E-state index in [0.29, 0.717) is 54.8 Å². The summed E-state index contributed by atoms with van der Waals surface area (Å²) >= 11 is 0. The summed E-state index contributed by atoms with van der Waals surface area (Å²) in [6, 6.07) is 10.1. The Labute approximate surface area is 171 Å². The number of benzene rings is 2. The molecule has 8 heteroatoms. The van der Waals surface area contributed by atoms with Gasteiger partial charge in [-0.25, -0.2) is 4.39 Å². The Bertz CT molecular complexity index is 1050. The van der Waals surface area contributed by atoms with E-state index < -0.39 is 11.7 Å². The maximum atomic E-state index is 14.6. The zero-order chi connectivity index (χ0) is 21.3. The molecule has 0 amide bonds. The van der Waals surface area contributed by atoms with Crippen molar-refractivity contribution in [1.29, 1.82) is 0 Å². The number of fused-ring (bicyclic) bond motifs is 1. The normalized spacial score (nSPS) is 15.6. The first-order chi connectivity index (χ1) is 14.3. The first-order valence-corrected chi connectivity index (χ1v) is 9.72. The topological polar surface area (TPSA) is 48.4 Å². The van der Waals surface area contributed by atoms with Gasteiger partial charge in [-0.05, 0) is 48.7 Å². The molecule has 4 nitrogen and oxygen atoms in total. The Morgan fingerprint density at radius 2 is 1.83 bits per heavy atom. The van der Waals surface area contributed by atoms with Crippen molar-refractivity contribution < 1.29 is 22.7 Å². The predicted octanol–water partition coefficient (Wildman–Crippen LogP) is 4.97. The molecule has 1 aliphatic rings. The SMILES string of the molecule is OC1CCN(c2ccc(CNc3ccnc4cc(C(F)(F)F)ccc34)cc2F)CC1. The molecule has 0 spiro atoms. The lowest BCUT2D eigenvalue weighted by Gasteiger charge is -2.31. The fourth-order valence-corrected chi connectivity index (χ4v) is 3.70. The second kappa shape index (κ2) is 8.10. The summed E-state index contributed by atoms with van der Waals surface area (Å²) in [6.07, 6.45) is -2.07. The summed E-state index contributed by atoms with van der Waals surface area (Å²) in [5.74, 6) is -0.333. The number of hydrogen-bond acceptors (Lipinski definition) is 4. The van der Waals surface area contributed by atoms with E-state index in [9.17, 15) is 22.7 Å². The second-order valence-electron chi connectivity index (χ2n) is 7.45. The summed E-state index contributed by atoms with van der Waals surface area (Å²) in [5, 5.41) is 13.3. The smallest absolute Gasteiger partial charge is 0.393 e. The van der Waals surface area contributed by atoms with Crippen LogP contribution in [-0.4, -0.2) is 29.3 Å². The highest BCUT2D eigenvalue weighted by molar-refractivity contribution is 5.91. The molecule has 0 bridgehead atoms. The molecule has 1 aliphatic heterocycles. The van der Waals surface area contributed by atoms with Gasteiger partial charge in [-0.1, -0.05) is 12.1 Å². The highest BCUT2D eigenvalue weighted by atomic mass is 19.4. The molecule has 0 radical (unpaired) electrons. The summed E-state index contributed by atoms with van der Waals surface area (Å²) in [7, 11) is 0. The summed E-state index contributed by atoms with van der Waals surface area (Å²) in [5.41, 5.74) is 1.35. The van der Waals surface area contributed by atoms with Gasteiger partial charge in [0.15, 0.2) is 0 Å². The van der Waals surface area contributed by atoms with E-state index in [1.807, 2.05) is 11.0 Å². The predicted molar refractivity (Wildman–Crippen MR) is 108 cm³/mol. The third-order valence-electron chi connectivity index (χ3n) is 5.37. The molecule has 158 valence electrons. The standard InChI is InChI=1S/C22H21F4N3O/c23-18-11-14(1-4-21(18)29-9-6-16(30)7-10-29)13-28-19-5-8-27-20-12-15(22(24,25)26)2-3-17(19)20/h1-5,8,11-12,16,30H,6-7,9-10,13H2,(H,27,28). The monoisotopic (exact) mass is 419 g/mol. The molecule has 0 aliphatic carbocycles. The van der Waals surface area contributed by atoms with Gasteiger partial charge < -0.3 is 15.3 Å². The Kier molecular flexibility index (Phi) is 5.51. The molecule has 1 fully saturated rings. The molecule has 4 rings (SSSR count). The van der Waals surface area contributed by atoms with E-state index in [-0.39, 0.29) is 17.4 Å². The number of halogens is 4. The number of anilines is 2. The van der Waals surface area contributed by atoms with Crippen molar-refractivity contribution in [3.63, 3.8) is 0 Å². The molecule has 30 heavy (non-hydrogen) atoms. The number of rotatable bonds is 4. The highest BCUT2D eigenvalue weighted by Gasteiger charge is 2.30. The van der Waals surface area contributed by atoms with Crippen LogP contribution in [0.2, 0.25) is 0 Å². The Morgan fingerprint density at radius 1 is 1.07 bits per heavy atom. The van der Waals surface area contributed by atoms with E-state index in [1.165, 1.54) is 18.3 Å². The van der Waals surface area contributed by atoms with Crippen molar-refractivity contribution in [3.8, 4) is 0 Å². The lowest BCUT2D eigenvalue weighted by molar-refractivity contribution is -0.137. The lowest BCUT2D eigenvalue weighted by Crippen LogP contribution is -2.36. The van der Waals surface area contributed by atoms with Crippen LogP contribution >= 0.6 is 0 Å². The molecule has 0 unspecified atom stereocenters. The number of nitrogens with one attached hydrogen (secondary N) is 1. The van der Waals surface area contributed by atoms with Crippen LogP contribution in [0.15, 0.2) is 48.7 Å². The van der Waals surface area contributed by atoms with Gasteiger partial charge >= 0.3 is 6.18 Å². The minimum absolute atomic E-state index is 0.239. The van der Waals surface area contributed by atoms with Crippen LogP contribution in [0.3, 0.4) is 0 Å². The summed E-state index contributed by atoms with van der Waals surface area (Å²) in [6.45, 7) is 1.53. The van der Waals surface area contributed by atoms with Crippen molar-refractivity contribution in [2.24, 2.45) is 0 Å². The lowest BCUT2D eigenvalue weighted by atomic mass is 10.1. The van der Waals surface area contributed by atoms with Gasteiger partial charge in [0.25, 0.3) is 0 Å². The molecule has 3 aromatic rings. The van der Waals surface area contributed by atoms with E-state index >= 15 is 0 Å². The second-order valence-corrected chi connectivity index (χ2v) is 7.45. The number of nitrogens with zero attached hydrogens (tertiary/aromatic N) is 2. The molecule has 2 N–H and O–H groups in total. The number of pyridine rings is 1. The largest absolute Gasteiger partial charge is 0.416 e. The number of aliphatic hydroxyl groups excluding tert-OH is 1. The molecule has 2 aromatic carbocycles. The number of aliphatic hydroxyl groups is 1. The first kappa shape index (κ1) is 20.4. The fraction of sp³-hybridized carbons (Fsp3) is 0.318. The van der Waals surface area contributed by atoms with Crippen LogP contribution in [0, 0.1) is 5.82 Å². The van der Waals surface area contributed by atoms with Crippen LogP contribution in [0.25, 0.3) is 10.9 Å². The van der Waals surface area contributed by atoms with Crippen LogP contribution < -0.4 is 10.2 Å². The number of alkyl halides is 3. The van der Waals surface area contributed by atoms with Crippen LogP contribution in [0.1, 0.15) is 24.0 Å². The summed E-state index contributed by atoms with van der Waals surface area (Å²) in [4.78, 5) is 5.95. The van der Waals surface area contributed by atoms with Crippen LogP contribution in [0.5, 0.6) is 0 Å². The van der Waals surface area contributed by atoms with Gasteiger partial charge in [0, 0.05) is 36.9 Å². The Balaban J connectivity index is 1.49. The molecule has 1 aromatic heterocycles. The van der Waals surface area contributed by atoms with Crippen LogP contribution in [-0.2, 0) is 12.7 Å². The molecular weight excluding hydrogens is 398 g/mol. The third kappa shape index (κ3) is 4.33. The Morgan fingerprint density at radius 3 is 2.53 bits per heavy atom. The molecule has 0 atom stereocenters. The summed E-state index contributed by atoms with van der Waals surface area (Å²) < 4.78 is 53.4. The van der Waals surface area contributed by atoms with Gasteiger partial charge in [0.1, 0.15) is 5.82 Å². The minimum atomic E-state index is -4.43. The van der Waals surface area contributed by atoms with E-state index in [2.05, 4.69) is 10.3 Å². The van der Waals surface area contributed by atoms with Gasteiger partial charge in [0.05, 0.1) is 22.9 Å². The van der Waals surface area contributed by atoms with Gasteiger partial charge in [-0.2, -0.15) is 13.2 Å². The van der Waals surface area contributed by atoms with Crippen molar-refractivity contribution >= 4 is 22.3 Å². The number of piperidine rings is 1. The van der Waals surface area contributed by atoms with Crippen LogP contribution in [0.4, 0.5) is 28.9 Å². The van der Waals surface area contributed by atoms with Gasteiger partial charge in [-0.15, -0.1) is 0 Å². The minimum Gasteiger partial charge on any atom is -0.393 e. The van der Waals surface area contributed by atoms with Gasteiger partial charge in [-0.3, -0.25) is 4.98 Å². The molecule has 0 saturated carbocycles. The first-order valence-electron chi connectivity index (χ1n) is 9.72. The average molecular weight is 419 g/mol. The third-order valence-corrected chi connectivity index (χ3v) is 5.37. The van der Waals surface area contributed by atoms with Gasteiger partial charge in [0.2, 0.25) is 0 Å². The maximum absolute atomic E-state index is 14.6. The molecule has 1 saturated heterocycles. The zero-order valence-corrected chi connectivity index (χ0v) is 16.1. The van der Waals surface area contributed by atoms with E-state index in [0.717, 1.165) is 12.1 Å². The molecule has 2 heterocycles. The maximum Gasteiger partial charge on any atom is 0.416 e. The fourth-order valence-electron chi connectivity index (χ4n) is 3.70. The highest BCUT2D eigenvalue weighted by Crippen LogP contribution is 2.33. The van der Waals surface area contributed by atoms with Crippen molar-refractivity contribution in [1.82, 2.24) is 4.98 Å². The zero-order valence-electron chi connectivity index (χ0n) is 16.1. The van der Waals surface area contributed by atoms with Crippen molar-refractivity contribution in [3.05, 3.63) is 65.6 Å². The van der Waals surface area contributed by atoms with E-state index in [4.69, 9.17) is 0 Å². The number of hydrogen-bond donors (Lipinski definition) is 2. The quantitative estimate of drug-likeness (QED) is 0.587. The van der Waals surface area contributed by atoms with E-state index in [1.54, 1.807) is 12.1 Å². The number of aromatic nitrogens is 1. The Hall–Kier alpha value is -2.87. The molecular formula is C22H21F4N3O. The average Bonchev–Trinajstić information content (AvgIpc) is 2.72.